The topological polar surface area (TPSA) is 124 Å². The summed E-state index contributed by atoms with van der Waals surface area (Å²) in [6.45, 7) is 0.477. The molecule has 0 spiro atoms. The fourth-order valence-corrected chi connectivity index (χ4v) is 4.92. The Bertz CT molecular complexity index is 1370. The summed E-state index contributed by atoms with van der Waals surface area (Å²) >= 11 is 1.23. The number of carbonyl (C=O) groups excluding carboxylic acids is 2. The van der Waals surface area contributed by atoms with E-state index >= 15 is 0 Å². The number of sulfonamides is 1. The summed E-state index contributed by atoms with van der Waals surface area (Å²) in [7, 11) is -3.26. The number of hydrogen-bond acceptors (Lipinski definition) is 8. The average Bonchev–Trinajstić information content (AvgIpc) is 3.40. The highest BCUT2D eigenvalue weighted by molar-refractivity contribution is 7.88. The molecule has 0 fully saturated rings. The van der Waals surface area contributed by atoms with Gasteiger partial charge in [0, 0.05) is 24.4 Å². The Kier molecular flexibility index (Phi) is 6.22. The third-order valence-corrected chi connectivity index (χ3v) is 6.97. The van der Waals surface area contributed by atoms with Crippen LogP contribution in [0.1, 0.15) is 37.2 Å². The van der Waals surface area contributed by atoms with Crippen molar-refractivity contribution in [3.63, 3.8) is 0 Å². The van der Waals surface area contributed by atoms with Gasteiger partial charge >= 0.3 is 5.97 Å². The first-order valence-electron chi connectivity index (χ1n) is 9.98. The SMILES string of the molecule is CS(=O)(=O)NCCc1ccc(C(=O)COC(=O)c2ccc3c(=O)n4c(nc3c2)CCC4)s1. The minimum atomic E-state index is -3.26. The van der Waals surface area contributed by atoms with Crippen molar-refractivity contribution >= 4 is 44.0 Å². The van der Waals surface area contributed by atoms with Crippen LogP contribution in [0.4, 0.5) is 0 Å². The number of hydrogen-bond donors (Lipinski definition) is 1. The van der Waals surface area contributed by atoms with Crippen molar-refractivity contribution in [1.29, 1.82) is 0 Å². The monoisotopic (exact) mass is 475 g/mol. The van der Waals surface area contributed by atoms with Gasteiger partial charge in [-0.2, -0.15) is 0 Å². The maximum Gasteiger partial charge on any atom is 0.338 e. The number of thiophene rings is 1. The van der Waals surface area contributed by atoms with Gasteiger partial charge in [-0.15, -0.1) is 11.3 Å². The summed E-state index contributed by atoms with van der Waals surface area (Å²) < 4.78 is 31.4. The molecule has 0 aliphatic carbocycles. The van der Waals surface area contributed by atoms with Crippen molar-refractivity contribution < 1.29 is 22.7 Å². The van der Waals surface area contributed by atoms with E-state index in [-0.39, 0.29) is 23.5 Å². The first-order valence-corrected chi connectivity index (χ1v) is 12.7. The van der Waals surface area contributed by atoms with Gasteiger partial charge in [-0.05, 0) is 43.2 Å². The first kappa shape index (κ1) is 22.3. The summed E-state index contributed by atoms with van der Waals surface area (Å²) in [5.74, 6) is -0.305. The fraction of sp³-hybridized carbons (Fsp3) is 0.333. The summed E-state index contributed by atoms with van der Waals surface area (Å²) in [6.07, 6.45) is 3.13. The lowest BCUT2D eigenvalue weighted by atomic mass is 10.1. The minimum Gasteiger partial charge on any atom is -0.454 e. The van der Waals surface area contributed by atoms with E-state index in [1.165, 1.54) is 23.5 Å². The van der Waals surface area contributed by atoms with Crippen LogP contribution >= 0.6 is 11.3 Å². The van der Waals surface area contributed by atoms with Crippen molar-refractivity contribution in [1.82, 2.24) is 14.3 Å². The van der Waals surface area contributed by atoms with Gasteiger partial charge in [-0.3, -0.25) is 14.2 Å². The highest BCUT2D eigenvalue weighted by Crippen LogP contribution is 2.19. The highest BCUT2D eigenvalue weighted by Gasteiger charge is 2.18. The lowest BCUT2D eigenvalue weighted by molar-refractivity contribution is 0.0476. The number of aryl methyl sites for hydroxylation is 1. The van der Waals surface area contributed by atoms with Crippen molar-refractivity contribution in [3.05, 3.63) is 61.8 Å². The number of rotatable bonds is 8. The lowest BCUT2D eigenvalue weighted by Gasteiger charge is -2.07. The Hall–Kier alpha value is -2.89. The predicted octanol–water partition coefficient (Wildman–Crippen LogP) is 1.54. The molecule has 11 heteroatoms. The molecule has 168 valence electrons. The Balaban J connectivity index is 1.38. The molecule has 1 aliphatic rings. The standard InChI is InChI=1S/C21H21N3O6S2/c1-32(28,29)22-9-8-14-5-7-18(31-14)17(25)12-30-21(27)13-4-6-15-16(11-13)23-19-3-2-10-24(19)20(15)26/h4-7,11,22H,2-3,8-10,12H2,1H3. The zero-order chi connectivity index (χ0) is 22.9. The van der Waals surface area contributed by atoms with E-state index in [2.05, 4.69) is 9.71 Å². The summed E-state index contributed by atoms with van der Waals surface area (Å²) in [5.41, 5.74) is 0.547. The zero-order valence-electron chi connectivity index (χ0n) is 17.3. The number of ether oxygens (including phenoxy) is 1. The maximum absolute atomic E-state index is 12.5. The third kappa shape index (κ3) is 4.95. The molecule has 4 rings (SSSR count). The number of esters is 1. The van der Waals surface area contributed by atoms with E-state index in [0.717, 1.165) is 24.0 Å². The number of carbonyl (C=O) groups is 2. The number of fused-ring (bicyclic) bond motifs is 2. The van der Waals surface area contributed by atoms with Crippen LogP contribution in [0, 0.1) is 0 Å². The van der Waals surface area contributed by atoms with Crippen LogP contribution < -0.4 is 10.3 Å². The molecule has 3 aromatic rings. The number of benzene rings is 1. The van der Waals surface area contributed by atoms with Gasteiger partial charge in [-0.25, -0.2) is 22.9 Å². The Labute approximate surface area is 188 Å². The van der Waals surface area contributed by atoms with Crippen molar-refractivity contribution in [2.45, 2.75) is 25.8 Å². The molecule has 0 radical (unpaired) electrons. The largest absolute Gasteiger partial charge is 0.454 e. The second-order valence-electron chi connectivity index (χ2n) is 7.50. The quantitative estimate of drug-likeness (QED) is 0.387. The van der Waals surface area contributed by atoms with Gasteiger partial charge in [0.05, 0.1) is 27.6 Å². The van der Waals surface area contributed by atoms with Gasteiger partial charge in [0.15, 0.2) is 6.61 Å². The zero-order valence-corrected chi connectivity index (χ0v) is 18.9. The Morgan fingerprint density at radius 1 is 1.25 bits per heavy atom. The highest BCUT2D eigenvalue weighted by atomic mass is 32.2. The van der Waals surface area contributed by atoms with E-state index in [9.17, 15) is 22.8 Å². The molecule has 0 unspecified atom stereocenters. The summed E-state index contributed by atoms with van der Waals surface area (Å²) in [5, 5.41) is 0.444. The molecule has 0 saturated carbocycles. The van der Waals surface area contributed by atoms with Crippen molar-refractivity contribution in [3.8, 4) is 0 Å². The van der Waals surface area contributed by atoms with Gasteiger partial charge < -0.3 is 4.74 Å². The molecule has 1 aliphatic heterocycles. The second kappa shape index (κ2) is 8.93. The molecule has 0 bridgehead atoms. The van der Waals surface area contributed by atoms with E-state index in [1.807, 2.05) is 0 Å². The normalized spacial score (nSPS) is 13.3. The van der Waals surface area contributed by atoms with Gasteiger partial charge in [0.2, 0.25) is 15.8 Å². The molecular formula is C21H21N3O6S2. The molecule has 1 aromatic carbocycles. The Morgan fingerprint density at radius 3 is 2.84 bits per heavy atom. The van der Waals surface area contributed by atoms with Crippen LogP contribution in [0.25, 0.3) is 10.9 Å². The van der Waals surface area contributed by atoms with E-state index in [0.29, 0.717) is 34.6 Å². The van der Waals surface area contributed by atoms with Crippen LogP contribution in [-0.2, 0) is 34.1 Å². The first-order chi connectivity index (χ1) is 15.2. The van der Waals surface area contributed by atoms with Crippen LogP contribution in [0.3, 0.4) is 0 Å². The lowest BCUT2D eigenvalue weighted by Crippen LogP contribution is -2.24. The number of aromatic nitrogens is 2. The van der Waals surface area contributed by atoms with Crippen LogP contribution in [-0.4, -0.2) is 49.1 Å². The van der Waals surface area contributed by atoms with E-state index in [4.69, 9.17) is 4.74 Å². The third-order valence-electron chi connectivity index (χ3n) is 5.06. The van der Waals surface area contributed by atoms with Crippen LogP contribution in [0.2, 0.25) is 0 Å². The number of nitrogens with zero attached hydrogens (tertiary/aromatic N) is 2. The van der Waals surface area contributed by atoms with E-state index in [1.54, 1.807) is 22.8 Å². The molecule has 1 N–H and O–H groups in total. The number of ketones is 1. The molecular weight excluding hydrogens is 454 g/mol. The maximum atomic E-state index is 12.5. The smallest absolute Gasteiger partial charge is 0.338 e. The molecule has 0 atom stereocenters. The molecule has 0 amide bonds. The van der Waals surface area contributed by atoms with Gasteiger partial charge in [0.1, 0.15) is 5.82 Å². The van der Waals surface area contributed by atoms with Crippen molar-refractivity contribution in [2.24, 2.45) is 0 Å². The second-order valence-corrected chi connectivity index (χ2v) is 10.5. The van der Waals surface area contributed by atoms with Gasteiger partial charge in [0.25, 0.3) is 5.56 Å². The van der Waals surface area contributed by atoms with Crippen molar-refractivity contribution in [2.75, 3.05) is 19.4 Å². The van der Waals surface area contributed by atoms with Crippen LogP contribution in [0.15, 0.2) is 35.1 Å². The van der Waals surface area contributed by atoms with Gasteiger partial charge in [-0.1, -0.05) is 0 Å². The van der Waals surface area contributed by atoms with Crippen LogP contribution in [0.5, 0.6) is 0 Å². The van der Waals surface area contributed by atoms with E-state index < -0.39 is 22.6 Å². The number of Topliss-reactive ketones (excluding diaryl/α,β-unsaturated/α-hetero) is 1. The molecule has 2 aromatic heterocycles. The predicted molar refractivity (Wildman–Crippen MR) is 120 cm³/mol. The summed E-state index contributed by atoms with van der Waals surface area (Å²) in [4.78, 5) is 43.1. The minimum absolute atomic E-state index is 0.113. The summed E-state index contributed by atoms with van der Waals surface area (Å²) in [6, 6.07) is 7.95. The Morgan fingerprint density at radius 2 is 2.06 bits per heavy atom. The number of nitrogens with one attached hydrogen (secondary N) is 1. The average molecular weight is 476 g/mol. The molecule has 32 heavy (non-hydrogen) atoms. The molecule has 9 nitrogen and oxygen atoms in total. The fourth-order valence-electron chi connectivity index (χ4n) is 3.52. The molecule has 0 saturated heterocycles. The molecule has 3 heterocycles.